The summed E-state index contributed by atoms with van der Waals surface area (Å²) in [5, 5.41) is 10.2. The molecule has 2 aliphatic carbocycles. The number of allylic oxidation sites excluding steroid dienone is 4. The molecule has 4 unspecified atom stereocenters. The topological polar surface area (TPSA) is 17.3 Å². The van der Waals surface area contributed by atoms with Crippen LogP contribution in [0.3, 0.4) is 0 Å². The SMILES string of the molecule is CC1CC2C(c3c4ccccc4cc4ccccc34)=CC=CC2C1[Si](C)(C)N1CC[N-]CC1.[CH3-].[Cl][Ti][Cl]. The molecule has 0 bridgehead atoms. The molecule has 1 saturated heterocycles. The third-order valence-corrected chi connectivity index (χ3v) is 13.5. The first-order valence-corrected chi connectivity index (χ1v) is 20.4. The molecule has 4 atom stereocenters. The predicted octanol–water partition coefficient (Wildman–Crippen LogP) is 9.31. The normalized spacial score (nSPS) is 25.6. The van der Waals surface area contributed by atoms with Gasteiger partial charge in [0.05, 0.1) is 0 Å². The third kappa shape index (κ3) is 5.57. The number of benzene rings is 3. The van der Waals surface area contributed by atoms with Crippen LogP contribution >= 0.6 is 18.6 Å². The van der Waals surface area contributed by atoms with Gasteiger partial charge in [-0.1, -0.05) is 86.8 Å². The molecule has 6 heteroatoms. The summed E-state index contributed by atoms with van der Waals surface area (Å²) in [6.07, 6.45) is 8.70. The van der Waals surface area contributed by atoms with E-state index in [1.165, 1.54) is 46.6 Å². The molecule has 0 N–H and O–H groups in total. The average molecular weight is 586 g/mol. The van der Waals surface area contributed by atoms with Crippen LogP contribution in [0, 0.1) is 25.2 Å². The van der Waals surface area contributed by atoms with Gasteiger partial charge in [0.15, 0.2) is 0 Å². The molecule has 3 aromatic carbocycles. The second kappa shape index (κ2) is 12.5. The molecule has 1 aliphatic heterocycles. The summed E-state index contributed by atoms with van der Waals surface area (Å²) in [6, 6.07) is 20.3. The van der Waals surface area contributed by atoms with Crippen LogP contribution in [0.4, 0.5) is 0 Å². The zero-order valence-electron chi connectivity index (χ0n) is 22.4. The number of halogens is 2. The minimum atomic E-state index is -1.58. The molecule has 2 nitrogen and oxygen atoms in total. The molecule has 6 rings (SSSR count). The van der Waals surface area contributed by atoms with E-state index >= 15 is 0 Å². The number of nitrogens with zero attached hydrogens (tertiary/aromatic N) is 2. The Morgan fingerprint density at radius 1 is 0.946 bits per heavy atom. The van der Waals surface area contributed by atoms with Crippen molar-refractivity contribution in [2.24, 2.45) is 17.8 Å². The van der Waals surface area contributed by atoms with E-state index in [0.29, 0.717) is 11.8 Å². The maximum absolute atomic E-state index is 4.89. The van der Waals surface area contributed by atoms with Gasteiger partial charge in [-0.15, -0.1) is 13.1 Å². The van der Waals surface area contributed by atoms with Gasteiger partial charge in [-0.3, -0.25) is 0 Å². The van der Waals surface area contributed by atoms with Crippen LogP contribution in [0.2, 0.25) is 18.6 Å². The van der Waals surface area contributed by atoms with Gasteiger partial charge < -0.3 is 17.3 Å². The first-order chi connectivity index (χ1) is 17.5. The van der Waals surface area contributed by atoms with Crippen molar-refractivity contribution in [1.82, 2.24) is 4.57 Å². The fourth-order valence-electron chi connectivity index (χ4n) is 7.49. The molecule has 0 radical (unpaired) electrons. The fourth-order valence-corrected chi connectivity index (χ4v) is 12.1. The van der Waals surface area contributed by atoms with Crippen LogP contribution in [-0.4, -0.2) is 39.0 Å². The average Bonchev–Trinajstić information content (AvgIpc) is 3.25. The summed E-state index contributed by atoms with van der Waals surface area (Å²) >= 11 is -0.556. The quantitative estimate of drug-likeness (QED) is 0.170. The number of rotatable bonds is 3. The van der Waals surface area contributed by atoms with E-state index in [2.05, 4.69) is 103 Å². The van der Waals surface area contributed by atoms with Crippen LogP contribution in [-0.2, 0) is 17.0 Å². The summed E-state index contributed by atoms with van der Waals surface area (Å²) in [4.78, 5) is 0. The van der Waals surface area contributed by atoms with Gasteiger partial charge in [-0.2, -0.15) is 0 Å². The number of fused-ring (bicyclic) bond motifs is 3. The van der Waals surface area contributed by atoms with Gasteiger partial charge in [0.25, 0.3) is 0 Å². The Hall–Kier alpha value is -0.909. The van der Waals surface area contributed by atoms with Crippen molar-refractivity contribution >= 4 is 54.0 Å². The summed E-state index contributed by atoms with van der Waals surface area (Å²) in [6.45, 7) is 12.2. The van der Waals surface area contributed by atoms with E-state index in [4.69, 9.17) is 18.6 Å². The standard InChI is InChI=1S/C30H35N2Si.CH3.2ClH.Ti/c1-21-19-28-26(13-8-14-27(28)30(21)33(2,3)32-17-15-31-16-18-32)29-24-11-6-4-9-22(24)20-23-10-5-7-12-25(23)29;;;;/h4-14,20-21,27-28,30H,15-19H2,1-3H3;1H3;2*1H;/q2*-1;;;+2/p-2. The Morgan fingerprint density at radius 3 is 2.11 bits per heavy atom. The molecule has 1 saturated carbocycles. The Balaban J connectivity index is 0.000000765. The number of hydrogen-bond acceptors (Lipinski definition) is 1. The molecular weight excluding hydrogens is 547 g/mol. The Morgan fingerprint density at radius 2 is 1.51 bits per heavy atom. The van der Waals surface area contributed by atoms with E-state index < -0.39 is 25.3 Å². The Bertz CT molecular complexity index is 1230. The second-order valence-corrected chi connectivity index (χ2v) is 18.2. The van der Waals surface area contributed by atoms with Crippen LogP contribution in [0.15, 0.2) is 72.8 Å². The van der Waals surface area contributed by atoms with Crippen LogP contribution in [0.5, 0.6) is 0 Å². The Labute approximate surface area is 241 Å². The van der Waals surface area contributed by atoms with Crippen molar-refractivity contribution < 1.29 is 17.0 Å². The molecule has 1 heterocycles. The first-order valence-electron chi connectivity index (χ1n) is 13.1. The van der Waals surface area contributed by atoms with Crippen molar-refractivity contribution in [1.29, 1.82) is 0 Å². The van der Waals surface area contributed by atoms with Crippen molar-refractivity contribution in [3.05, 3.63) is 91.1 Å². The van der Waals surface area contributed by atoms with Crippen LogP contribution < -0.4 is 0 Å². The van der Waals surface area contributed by atoms with Crippen molar-refractivity contribution in [2.75, 3.05) is 26.2 Å². The summed E-state index contributed by atoms with van der Waals surface area (Å²) < 4.78 is 2.86. The zero-order chi connectivity index (χ0) is 25.3. The van der Waals surface area contributed by atoms with Gasteiger partial charge in [-0.05, 0) is 81.6 Å². The molecule has 196 valence electrons. The summed E-state index contributed by atoms with van der Waals surface area (Å²) in [5.41, 5.74) is 3.84. The van der Waals surface area contributed by atoms with Crippen LogP contribution in [0.25, 0.3) is 32.4 Å². The number of piperazine rings is 1. The molecular formula is C31H38Cl2N2SiTi-2. The van der Waals surface area contributed by atoms with Gasteiger partial charge in [0.2, 0.25) is 0 Å². The molecule has 3 aromatic rings. The first kappa shape index (κ1) is 29.1. The van der Waals surface area contributed by atoms with Crippen LogP contribution in [0.1, 0.15) is 18.9 Å². The van der Waals surface area contributed by atoms with Crippen molar-refractivity contribution in [3.8, 4) is 0 Å². The van der Waals surface area contributed by atoms with Gasteiger partial charge in [-0.25, -0.2) is 0 Å². The van der Waals surface area contributed by atoms with E-state index in [1.807, 2.05) is 0 Å². The van der Waals surface area contributed by atoms with Gasteiger partial charge in [0, 0.05) is 0 Å². The van der Waals surface area contributed by atoms with E-state index in [9.17, 15) is 0 Å². The molecule has 0 aromatic heterocycles. The van der Waals surface area contributed by atoms with E-state index in [1.54, 1.807) is 5.57 Å². The minimum absolute atomic E-state index is 0. The number of hydrogen-bond donors (Lipinski definition) is 0. The molecule has 37 heavy (non-hydrogen) atoms. The predicted molar refractivity (Wildman–Crippen MR) is 163 cm³/mol. The fraction of sp³-hybridized carbons (Fsp3) is 0.387. The zero-order valence-corrected chi connectivity index (χ0v) is 26.5. The van der Waals surface area contributed by atoms with Gasteiger partial charge >= 0.3 is 35.6 Å². The monoisotopic (exact) mass is 584 g/mol. The molecule has 2 fully saturated rings. The van der Waals surface area contributed by atoms with Crippen molar-refractivity contribution in [2.45, 2.75) is 32.0 Å². The third-order valence-electron chi connectivity index (χ3n) is 8.87. The molecule has 0 spiro atoms. The molecule has 0 amide bonds. The maximum atomic E-state index is 4.89. The van der Waals surface area contributed by atoms with E-state index in [-0.39, 0.29) is 7.43 Å². The summed E-state index contributed by atoms with van der Waals surface area (Å²) in [7, 11) is 8.19. The Kier molecular flexibility index (Phi) is 9.84. The summed E-state index contributed by atoms with van der Waals surface area (Å²) in [5.74, 6) is 2.02. The van der Waals surface area contributed by atoms with E-state index in [0.717, 1.165) is 24.5 Å². The molecule has 3 aliphatic rings. The second-order valence-electron chi connectivity index (χ2n) is 11.0. The van der Waals surface area contributed by atoms with Crippen molar-refractivity contribution in [3.63, 3.8) is 0 Å². The van der Waals surface area contributed by atoms with Gasteiger partial charge in [0.1, 0.15) is 8.24 Å².